The minimum absolute atomic E-state index is 0.0620. The summed E-state index contributed by atoms with van der Waals surface area (Å²) in [6, 6.07) is 15.0. The Morgan fingerprint density at radius 3 is 2.25 bits per heavy atom. The van der Waals surface area contributed by atoms with Crippen molar-refractivity contribution in [1.82, 2.24) is 4.90 Å². The first kappa shape index (κ1) is 20.1. The maximum Gasteiger partial charge on any atom is 0.446 e. The number of halogens is 3. The van der Waals surface area contributed by atoms with Gasteiger partial charge in [0.05, 0.1) is 11.6 Å². The molecule has 0 atom stereocenters. The highest BCUT2D eigenvalue weighted by Crippen LogP contribution is 2.36. The first-order valence-electron chi connectivity index (χ1n) is 8.76. The Balaban J connectivity index is 1.63. The first-order valence-corrected chi connectivity index (χ1v) is 9.57. The van der Waals surface area contributed by atoms with Crippen LogP contribution in [0.2, 0.25) is 0 Å². The van der Waals surface area contributed by atoms with Gasteiger partial charge in [-0.1, -0.05) is 0 Å². The first-order chi connectivity index (χ1) is 13.4. The maximum absolute atomic E-state index is 12.7. The molecular weight excluding hydrogens is 387 g/mol. The summed E-state index contributed by atoms with van der Waals surface area (Å²) in [4.78, 5) is 16.7. The molecule has 0 aliphatic carbocycles. The average molecular weight is 405 g/mol. The number of benzene rings is 2. The van der Waals surface area contributed by atoms with E-state index < -0.39 is 5.51 Å². The van der Waals surface area contributed by atoms with E-state index in [4.69, 9.17) is 5.26 Å². The summed E-state index contributed by atoms with van der Waals surface area (Å²) in [5.41, 5.74) is -2.35. The van der Waals surface area contributed by atoms with Crippen LogP contribution in [0.15, 0.2) is 53.4 Å². The highest BCUT2D eigenvalue weighted by molar-refractivity contribution is 8.00. The molecule has 1 heterocycles. The summed E-state index contributed by atoms with van der Waals surface area (Å²) < 4.78 is 37.3. The van der Waals surface area contributed by atoms with Crippen LogP contribution in [0.3, 0.4) is 0 Å². The van der Waals surface area contributed by atoms with Gasteiger partial charge in [-0.05, 0) is 66.7 Å². The number of hydrogen-bond acceptors (Lipinski definition) is 4. The SMILES string of the molecule is N#Cc1ccc(N2CCCN(C(=O)c3ccc(SC(F)(F)F)cc3)CC2)cc1. The fraction of sp³-hybridized carbons (Fsp3) is 0.300. The van der Waals surface area contributed by atoms with Gasteiger partial charge >= 0.3 is 5.51 Å². The lowest BCUT2D eigenvalue weighted by Gasteiger charge is -2.24. The van der Waals surface area contributed by atoms with Crippen molar-refractivity contribution in [1.29, 1.82) is 5.26 Å². The van der Waals surface area contributed by atoms with Crippen molar-refractivity contribution in [2.45, 2.75) is 16.8 Å². The van der Waals surface area contributed by atoms with Gasteiger partial charge in [-0.25, -0.2) is 0 Å². The quantitative estimate of drug-likeness (QED) is 0.705. The van der Waals surface area contributed by atoms with Crippen LogP contribution in [0.1, 0.15) is 22.3 Å². The van der Waals surface area contributed by atoms with E-state index in [1.807, 2.05) is 12.1 Å². The Kier molecular flexibility index (Phi) is 6.15. The molecule has 3 rings (SSSR count). The highest BCUT2D eigenvalue weighted by atomic mass is 32.2. The summed E-state index contributed by atoms with van der Waals surface area (Å²) in [5.74, 6) is -0.176. The summed E-state index contributed by atoms with van der Waals surface area (Å²) >= 11 is -0.191. The number of amides is 1. The van der Waals surface area contributed by atoms with Crippen molar-refractivity contribution < 1.29 is 18.0 Å². The monoisotopic (exact) mass is 405 g/mol. The number of nitrogens with zero attached hydrogens (tertiary/aromatic N) is 3. The molecule has 0 saturated carbocycles. The molecule has 1 aliphatic heterocycles. The molecule has 1 saturated heterocycles. The fourth-order valence-electron chi connectivity index (χ4n) is 3.11. The number of anilines is 1. The number of rotatable bonds is 3. The molecule has 2 aromatic rings. The van der Waals surface area contributed by atoms with E-state index in [0.717, 1.165) is 18.7 Å². The molecule has 2 aromatic carbocycles. The van der Waals surface area contributed by atoms with Crippen LogP contribution in [0.4, 0.5) is 18.9 Å². The maximum atomic E-state index is 12.7. The zero-order valence-electron chi connectivity index (χ0n) is 14.9. The van der Waals surface area contributed by atoms with E-state index in [1.54, 1.807) is 17.0 Å². The summed E-state index contributed by atoms with van der Waals surface area (Å²) in [6.45, 7) is 2.55. The van der Waals surface area contributed by atoms with Crippen LogP contribution in [-0.2, 0) is 0 Å². The minimum atomic E-state index is -4.34. The summed E-state index contributed by atoms with van der Waals surface area (Å²) in [7, 11) is 0. The second-order valence-corrected chi connectivity index (χ2v) is 7.50. The van der Waals surface area contributed by atoms with E-state index in [2.05, 4.69) is 11.0 Å². The van der Waals surface area contributed by atoms with Crippen LogP contribution in [0, 0.1) is 11.3 Å². The fourth-order valence-corrected chi connectivity index (χ4v) is 3.65. The molecule has 28 heavy (non-hydrogen) atoms. The lowest BCUT2D eigenvalue weighted by atomic mass is 10.2. The van der Waals surface area contributed by atoms with Crippen molar-refractivity contribution in [3.63, 3.8) is 0 Å². The second kappa shape index (κ2) is 8.57. The Morgan fingerprint density at radius 2 is 1.64 bits per heavy atom. The Morgan fingerprint density at radius 1 is 0.964 bits per heavy atom. The van der Waals surface area contributed by atoms with E-state index >= 15 is 0 Å². The molecule has 0 spiro atoms. The number of hydrogen-bond donors (Lipinski definition) is 0. The minimum Gasteiger partial charge on any atom is -0.370 e. The molecular formula is C20H18F3N3OS. The van der Waals surface area contributed by atoms with Gasteiger partial charge in [0.1, 0.15) is 0 Å². The third kappa shape index (κ3) is 5.20. The molecule has 0 N–H and O–H groups in total. The zero-order chi connectivity index (χ0) is 20.1. The number of alkyl halides is 3. The molecule has 0 radical (unpaired) electrons. The molecule has 0 bridgehead atoms. The Bertz CT molecular complexity index is 860. The molecule has 1 amide bonds. The topological polar surface area (TPSA) is 47.3 Å². The molecule has 1 fully saturated rings. The van der Waals surface area contributed by atoms with Crippen molar-refractivity contribution in [2.24, 2.45) is 0 Å². The van der Waals surface area contributed by atoms with Crippen LogP contribution < -0.4 is 4.90 Å². The number of carbonyl (C=O) groups excluding carboxylic acids is 1. The van der Waals surface area contributed by atoms with Gasteiger partial charge in [-0.2, -0.15) is 18.4 Å². The van der Waals surface area contributed by atoms with E-state index in [-0.39, 0.29) is 22.6 Å². The standard InChI is InChI=1S/C20H18F3N3OS/c21-20(22,23)28-18-8-4-16(5-9-18)19(27)26-11-1-10-25(12-13-26)17-6-2-15(14-24)3-7-17/h2-9H,1,10-13H2. The molecule has 0 aromatic heterocycles. The molecule has 0 unspecified atom stereocenters. The van der Waals surface area contributed by atoms with Gasteiger partial charge in [-0.15, -0.1) is 0 Å². The molecule has 146 valence electrons. The lowest BCUT2D eigenvalue weighted by Crippen LogP contribution is -2.35. The summed E-state index contributed by atoms with van der Waals surface area (Å²) in [6.07, 6.45) is 0.785. The van der Waals surface area contributed by atoms with Gasteiger partial charge in [0.25, 0.3) is 5.91 Å². The average Bonchev–Trinajstić information content (AvgIpc) is 2.93. The van der Waals surface area contributed by atoms with Crippen molar-refractivity contribution >= 4 is 23.4 Å². The number of thioether (sulfide) groups is 1. The van der Waals surface area contributed by atoms with Crippen molar-refractivity contribution in [3.8, 4) is 6.07 Å². The van der Waals surface area contributed by atoms with E-state index in [9.17, 15) is 18.0 Å². The van der Waals surface area contributed by atoms with Gasteiger partial charge in [0.15, 0.2) is 0 Å². The Labute approximate surface area is 165 Å². The van der Waals surface area contributed by atoms with Gasteiger partial charge in [0.2, 0.25) is 0 Å². The van der Waals surface area contributed by atoms with Crippen molar-refractivity contribution in [2.75, 3.05) is 31.1 Å². The molecule has 4 nitrogen and oxygen atoms in total. The predicted octanol–water partition coefficient (Wildman–Crippen LogP) is 4.52. The number of nitriles is 1. The van der Waals surface area contributed by atoms with Crippen molar-refractivity contribution in [3.05, 3.63) is 59.7 Å². The van der Waals surface area contributed by atoms with Crippen LogP contribution in [0.5, 0.6) is 0 Å². The third-order valence-electron chi connectivity index (χ3n) is 4.48. The normalized spacial score (nSPS) is 15.1. The van der Waals surface area contributed by atoms with E-state index in [1.165, 1.54) is 24.3 Å². The predicted molar refractivity (Wildman–Crippen MR) is 102 cm³/mol. The highest BCUT2D eigenvalue weighted by Gasteiger charge is 2.29. The van der Waals surface area contributed by atoms with Gasteiger partial charge in [0, 0.05) is 42.3 Å². The van der Waals surface area contributed by atoms with E-state index in [0.29, 0.717) is 30.8 Å². The van der Waals surface area contributed by atoms with Gasteiger partial charge in [-0.3, -0.25) is 4.79 Å². The second-order valence-electron chi connectivity index (χ2n) is 6.36. The smallest absolute Gasteiger partial charge is 0.370 e. The number of carbonyl (C=O) groups is 1. The summed E-state index contributed by atoms with van der Waals surface area (Å²) in [5, 5.41) is 8.90. The zero-order valence-corrected chi connectivity index (χ0v) is 15.8. The lowest BCUT2D eigenvalue weighted by molar-refractivity contribution is -0.0328. The molecule has 1 aliphatic rings. The van der Waals surface area contributed by atoms with Crippen LogP contribution in [0.25, 0.3) is 0 Å². The Hall–Kier alpha value is -2.66. The third-order valence-corrected chi connectivity index (χ3v) is 5.22. The van der Waals surface area contributed by atoms with Gasteiger partial charge < -0.3 is 9.80 Å². The molecule has 8 heteroatoms. The van der Waals surface area contributed by atoms with Crippen LogP contribution >= 0.6 is 11.8 Å². The van der Waals surface area contributed by atoms with Crippen LogP contribution in [-0.4, -0.2) is 42.5 Å². The largest absolute Gasteiger partial charge is 0.446 e.